The molecule has 2 N–H and O–H groups in total. The number of nitrogens with one attached hydrogen (secondary N) is 2. The van der Waals surface area contributed by atoms with Gasteiger partial charge in [-0.05, 0) is 44.1 Å². The van der Waals surface area contributed by atoms with Crippen molar-refractivity contribution in [1.29, 1.82) is 0 Å². The van der Waals surface area contributed by atoms with Gasteiger partial charge in [-0.15, -0.1) is 24.0 Å². The highest BCUT2D eigenvalue weighted by Crippen LogP contribution is 2.21. The largest absolute Gasteiger partial charge is 0.356 e. The van der Waals surface area contributed by atoms with E-state index in [0.29, 0.717) is 11.5 Å². The molecule has 0 saturated carbocycles. The molecule has 1 heterocycles. The number of hydrogen-bond donors (Lipinski definition) is 2. The van der Waals surface area contributed by atoms with E-state index in [1.165, 1.54) is 58.2 Å². The van der Waals surface area contributed by atoms with Gasteiger partial charge < -0.3 is 15.5 Å². The fraction of sp³-hybridized carbons (Fsp3) is 0.944. The predicted octanol–water partition coefficient (Wildman–Crippen LogP) is 3.86. The van der Waals surface area contributed by atoms with Crippen molar-refractivity contribution in [2.75, 3.05) is 33.2 Å². The Morgan fingerprint density at radius 1 is 1.17 bits per heavy atom. The Kier molecular flexibility index (Phi) is 12.3. The summed E-state index contributed by atoms with van der Waals surface area (Å²) < 4.78 is 0. The van der Waals surface area contributed by atoms with Gasteiger partial charge in [-0.25, -0.2) is 0 Å². The Labute approximate surface area is 161 Å². The summed E-state index contributed by atoms with van der Waals surface area (Å²) >= 11 is 0. The third-order valence-electron chi connectivity index (χ3n) is 4.34. The van der Waals surface area contributed by atoms with Gasteiger partial charge in [0.05, 0.1) is 0 Å². The minimum Gasteiger partial charge on any atom is -0.356 e. The maximum atomic E-state index is 4.36. The van der Waals surface area contributed by atoms with Crippen molar-refractivity contribution in [1.82, 2.24) is 15.5 Å². The lowest BCUT2D eigenvalue weighted by atomic mass is 9.90. The highest BCUT2D eigenvalue weighted by Gasteiger charge is 2.19. The van der Waals surface area contributed by atoms with Crippen LogP contribution < -0.4 is 10.6 Å². The molecule has 1 saturated heterocycles. The van der Waals surface area contributed by atoms with Gasteiger partial charge in [0.15, 0.2) is 5.96 Å². The van der Waals surface area contributed by atoms with Gasteiger partial charge in [-0.2, -0.15) is 0 Å². The second-order valence-corrected chi connectivity index (χ2v) is 7.78. The van der Waals surface area contributed by atoms with Crippen molar-refractivity contribution < 1.29 is 0 Å². The lowest BCUT2D eigenvalue weighted by Crippen LogP contribution is -2.48. The highest BCUT2D eigenvalue weighted by molar-refractivity contribution is 14.0. The number of halogens is 1. The molecule has 0 aromatic heterocycles. The predicted molar refractivity (Wildman–Crippen MR) is 113 cm³/mol. The average molecular weight is 438 g/mol. The number of unbranched alkanes of at least 4 members (excludes halogenated alkanes) is 1. The molecule has 5 heteroatoms. The highest BCUT2D eigenvalue weighted by atomic mass is 127. The maximum absolute atomic E-state index is 4.36. The first-order chi connectivity index (χ1) is 10.4. The summed E-state index contributed by atoms with van der Waals surface area (Å²) in [5, 5.41) is 7.05. The van der Waals surface area contributed by atoms with Crippen LogP contribution in [-0.4, -0.2) is 50.1 Å². The summed E-state index contributed by atoms with van der Waals surface area (Å²) in [7, 11) is 1.87. The van der Waals surface area contributed by atoms with E-state index < -0.39 is 0 Å². The van der Waals surface area contributed by atoms with E-state index in [0.717, 1.165) is 12.5 Å². The zero-order chi connectivity index (χ0) is 16.4. The molecule has 0 radical (unpaired) electrons. The molecule has 0 aromatic carbocycles. The van der Waals surface area contributed by atoms with E-state index in [9.17, 15) is 0 Å². The first-order valence-electron chi connectivity index (χ1n) is 9.14. The Morgan fingerprint density at radius 3 is 2.35 bits per heavy atom. The quantitative estimate of drug-likeness (QED) is 0.275. The number of nitrogens with zero attached hydrogens (tertiary/aromatic N) is 2. The van der Waals surface area contributed by atoms with E-state index in [1.807, 2.05) is 7.05 Å². The minimum atomic E-state index is 0. The molecule has 0 amide bonds. The van der Waals surface area contributed by atoms with Gasteiger partial charge in [0, 0.05) is 32.7 Å². The topological polar surface area (TPSA) is 39.7 Å². The molecule has 1 aliphatic rings. The molecule has 1 fully saturated rings. The molecular formula is C18H39IN4. The second-order valence-electron chi connectivity index (χ2n) is 7.78. The van der Waals surface area contributed by atoms with E-state index >= 15 is 0 Å². The lowest BCUT2D eigenvalue weighted by molar-refractivity contribution is 0.206. The van der Waals surface area contributed by atoms with Crippen LogP contribution in [0.5, 0.6) is 0 Å². The normalized spacial score (nSPS) is 17.7. The molecule has 1 rings (SSSR count). The van der Waals surface area contributed by atoms with E-state index in [1.54, 1.807) is 0 Å². The van der Waals surface area contributed by atoms with Crippen LogP contribution >= 0.6 is 24.0 Å². The minimum absolute atomic E-state index is 0. The van der Waals surface area contributed by atoms with Crippen molar-refractivity contribution in [3.63, 3.8) is 0 Å². The molecule has 0 spiro atoms. The van der Waals surface area contributed by atoms with E-state index in [-0.39, 0.29) is 24.0 Å². The number of piperidine rings is 1. The summed E-state index contributed by atoms with van der Waals surface area (Å²) in [5.74, 6) is 0.977. The molecule has 0 aliphatic carbocycles. The van der Waals surface area contributed by atoms with Crippen LogP contribution in [0.15, 0.2) is 4.99 Å². The van der Waals surface area contributed by atoms with Gasteiger partial charge in [-0.3, -0.25) is 4.99 Å². The summed E-state index contributed by atoms with van der Waals surface area (Å²) in [6.07, 6.45) is 7.50. The van der Waals surface area contributed by atoms with Gasteiger partial charge >= 0.3 is 0 Å². The van der Waals surface area contributed by atoms with Gasteiger partial charge in [-0.1, -0.05) is 34.1 Å². The van der Waals surface area contributed by atoms with Crippen LogP contribution in [0.25, 0.3) is 0 Å². The third-order valence-corrected chi connectivity index (χ3v) is 4.34. The fourth-order valence-corrected chi connectivity index (χ4v) is 2.99. The van der Waals surface area contributed by atoms with Gasteiger partial charge in [0.2, 0.25) is 0 Å². The van der Waals surface area contributed by atoms with E-state index in [2.05, 4.69) is 48.2 Å². The molecule has 0 aromatic rings. The summed E-state index contributed by atoms with van der Waals surface area (Å²) in [5.41, 5.74) is 0.451. The smallest absolute Gasteiger partial charge is 0.191 e. The molecule has 1 aliphatic heterocycles. The number of aliphatic imine (C=N–C) groups is 1. The van der Waals surface area contributed by atoms with Crippen LogP contribution in [0.4, 0.5) is 0 Å². The number of likely N-dealkylation sites (tertiary alicyclic amines) is 1. The number of guanidine groups is 1. The van der Waals surface area contributed by atoms with Crippen LogP contribution in [0.2, 0.25) is 0 Å². The number of rotatable bonds is 7. The van der Waals surface area contributed by atoms with Crippen molar-refractivity contribution in [3.8, 4) is 0 Å². The van der Waals surface area contributed by atoms with Crippen LogP contribution in [0.1, 0.15) is 66.2 Å². The zero-order valence-corrected chi connectivity index (χ0v) is 18.3. The monoisotopic (exact) mass is 438 g/mol. The fourth-order valence-electron chi connectivity index (χ4n) is 2.99. The van der Waals surface area contributed by atoms with Gasteiger partial charge in [0.25, 0.3) is 0 Å². The van der Waals surface area contributed by atoms with E-state index in [4.69, 9.17) is 0 Å². The Morgan fingerprint density at radius 2 is 1.83 bits per heavy atom. The van der Waals surface area contributed by atoms with Crippen LogP contribution in [0, 0.1) is 5.41 Å². The molecule has 4 nitrogen and oxygen atoms in total. The van der Waals surface area contributed by atoms with Crippen molar-refractivity contribution in [2.45, 2.75) is 72.3 Å². The Hall–Kier alpha value is -0.0400. The Bertz CT molecular complexity index is 317. The third kappa shape index (κ3) is 11.2. The molecule has 138 valence electrons. The molecule has 0 atom stereocenters. The zero-order valence-electron chi connectivity index (χ0n) is 16.0. The first kappa shape index (κ1) is 23.0. The first-order valence-corrected chi connectivity index (χ1v) is 9.14. The number of hydrogen-bond acceptors (Lipinski definition) is 2. The summed E-state index contributed by atoms with van der Waals surface area (Å²) in [6.45, 7) is 13.9. The molecule has 0 unspecified atom stereocenters. The SMILES string of the molecule is CCCN1CCC(NC(=NC)NCCCCC(C)(C)C)CC1.I. The second kappa shape index (κ2) is 12.3. The average Bonchev–Trinajstić information content (AvgIpc) is 2.46. The molecule has 0 bridgehead atoms. The van der Waals surface area contributed by atoms with Crippen LogP contribution in [-0.2, 0) is 0 Å². The lowest BCUT2D eigenvalue weighted by Gasteiger charge is -2.32. The maximum Gasteiger partial charge on any atom is 0.191 e. The summed E-state index contributed by atoms with van der Waals surface area (Å²) in [4.78, 5) is 6.94. The van der Waals surface area contributed by atoms with Crippen molar-refractivity contribution in [2.24, 2.45) is 10.4 Å². The Balaban J connectivity index is 0.00000484. The molecular weight excluding hydrogens is 399 g/mol. The summed E-state index contributed by atoms with van der Waals surface area (Å²) in [6, 6.07) is 0.578. The molecule has 23 heavy (non-hydrogen) atoms. The van der Waals surface area contributed by atoms with Gasteiger partial charge in [0.1, 0.15) is 0 Å². The van der Waals surface area contributed by atoms with Crippen molar-refractivity contribution in [3.05, 3.63) is 0 Å². The van der Waals surface area contributed by atoms with Crippen LogP contribution in [0.3, 0.4) is 0 Å². The van der Waals surface area contributed by atoms with Crippen molar-refractivity contribution >= 4 is 29.9 Å². The standard InChI is InChI=1S/C18H38N4.HI/c1-6-13-22-14-9-16(10-15-22)21-17(19-5)20-12-8-7-11-18(2,3)4;/h16H,6-15H2,1-5H3,(H2,19,20,21);1H.